The third kappa shape index (κ3) is 3.51. The van der Waals surface area contributed by atoms with Gasteiger partial charge in [-0.15, -0.1) is 0 Å². The number of ether oxygens (including phenoxy) is 3. The lowest BCUT2D eigenvalue weighted by Crippen LogP contribution is -2.04. The number of hydrogen-bond acceptors (Lipinski definition) is 8. The number of fused-ring (bicyclic) bond motifs is 1. The topological polar surface area (TPSA) is 101 Å². The van der Waals surface area contributed by atoms with E-state index in [2.05, 4.69) is 20.1 Å². The molecule has 0 bridgehead atoms. The van der Waals surface area contributed by atoms with Crippen molar-refractivity contribution >= 4 is 11.6 Å². The Morgan fingerprint density at radius 1 is 1.30 bits per heavy atom. The number of nitrogens with zero attached hydrogens (tertiary/aromatic N) is 5. The zero-order valence-electron chi connectivity index (χ0n) is 16.5. The Bertz CT molecular complexity index is 1100. The summed E-state index contributed by atoms with van der Waals surface area (Å²) in [6.07, 6.45) is 0.777. The van der Waals surface area contributed by atoms with Crippen LogP contribution in [-0.4, -0.2) is 57.8 Å². The van der Waals surface area contributed by atoms with Crippen molar-refractivity contribution in [1.29, 1.82) is 0 Å². The minimum Gasteiger partial charge on any atom is -0.480 e. The summed E-state index contributed by atoms with van der Waals surface area (Å²) < 4.78 is 43.2. The second-order valence-electron chi connectivity index (χ2n) is 6.72. The fraction of sp³-hybridized carbons (Fsp3) is 0.421. The molecule has 0 aliphatic heterocycles. The Morgan fingerprint density at radius 3 is 2.73 bits per heavy atom. The number of carbonyl (C=O) groups is 1. The first-order chi connectivity index (χ1) is 14.5. The molecule has 11 heteroatoms. The summed E-state index contributed by atoms with van der Waals surface area (Å²) in [4.78, 5) is 24.6. The first kappa shape index (κ1) is 19.9. The molecule has 1 fully saturated rings. The molecule has 0 aromatic carbocycles. The molecule has 9 nitrogen and oxygen atoms in total. The Labute approximate surface area is 170 Å². The van der Waals surface area contributed by atoms with Crippen molar-refractivity contribution in [2.45, 2.75) is 25.7 Å². The Kier molecular flexibility index (Phi) is 5.18. The van der Waals surface area contributed by atoms with Crippen molar-refractivity contribution in [3.8, 4) is 23.1 Å². The minimum atomic E-state index is -2.44. The van der Waals surface area contributed by atoms with Crippen LogP contribution in [-0.2, 0) is 4.74 Å². The SMILES string of the molecule is CCOC(=O)c1cn2nc(-c3cnc(OC)nc3OC)cc([C@H]3C[C@@H]3C(F)F)c2n1. The van der Waals surface area contributed by atoms with Gasteiger partial charge in [0.25, 0.3) is 0 Å². The summed E-state index contributed by atoms with van der Waals surface area (Å²) in [7, 11) is 2.87. The van der Waals surface area contributed by atoms with E-state index in [0.717, 1.165) is 0 Å². The lowest BCUT2D eigenvalue weighted by atomic mass is 10.1. The van der Waals surface area contributed by atoms with Crippen molar-refractivity contribution in [2.24, 2.45) is 5.92 Å². The van der Waals surface area contributed by atoms with Crippen molar-refractivity contribution in [2.75, 3.05) is 20.8 Å². The van der Waals surface area contributed by atoms with Crippen LogP contribution in [0.5, 0.6) is 11.9 Å². The summed E-state index contributed by atoms with van der Waals surface area (Å²) in [5.74, 6) is -1.55. The molecule has 4 rings (SSSR count). The predicted octanol–water partition coefficient (Wildman–Crippen LogP) is 2.75. The highest BCUT2D eigenvalue weighted by molar-refractivity contribution is 5.88. The molecule has 30 heavy (non-hydrogen) atoms. The predicted molar refractivity (Wildman–Crippen MR) is 99.9 cm³/mol. The molecular formula is C19H19F2N5O4. The lowest BCUT2D eigenvalue weighted by Gasteiger charge is -2.10. The van der Waals surface area contributed by atoms with E-state index in [0.29, 0.717) is 28.9 Å². The van der Waals surface area contributed by atoms with Gasteiger partial charge in [-0.25, -0.2) is 28.1 Å². The Hall–Kier alpha value is -3.37. The van der Waals surface area contributed by atoms with Gasteiger partial charge in [-0.3, -0.25) is 0 Å². The third-order valence-corrected chi connectivity index (χ3v) is 4.88. The van der Waals surface area contributed by atoms with Crippen molar-refractivity contribution < 1.29 is 27.8 Å². The van der Waals surface area contributed by atoms with Gasteiger partial charge >= 0.3 is 12.0 Å². The highest BCUT2D eigenvalue weighted by Crippen LogP contribution is 2.52. The zero-order valence-corrected chi connectivity index (χ0v) is 16.5. The fourth-order valence-electron chi connectivity index (χ4n) is 3.34. The van der Waals surface area contributed by atoms with Gasteiger partial charge in [0.05, 0.1) is 38.3 Å². The molecule has 1 aliphatic carbocycles. The number of alkyl halides is 2. The maximum atomic E-state index is 13.2. The van der Waals surface area contributed by atoms with E-state index in [9.17, 15) is 13.6 Å². The lowest BCUT2D eigenvalue weighted by molar-refractivity contribution is 0.0520. The van der Waals surface area contributed by atoms with Gasteiger partial charge in [0.1, 0.15) is 0 Å². The van der Waals surface area contributed by atoms with Gasteiger partial charge in [-0.1, -0.05) is 0 Å². The smallest absolute Gasteiger partial charge is 0.358 e. The molecular weight excluding hydrogens is 400 g/mol. The van der Waals surface area contributed by atoms with E-state index in [1.165, 1.54) is 31.1 Å². The van der Waals surface area contributed by atoms with Gasteiger partial charge in [0, 0.05) is 17.7 Å². The summed E-state index contributed by atoms with van der Waals surface area (Å²) >= 11 is 0. The molecule has 1 aliphatic rings. The van der Waals surface area contributed by atoms with E-state index in [1.54, 1.807) is 13.0 Å². The molecule has 1 saturated carbocycles. The molecule has 3 aromatic rings. The van der Waals surface area contributed by atoms with Gasteiger partial charge in [-0.2, -0.15) is 10.1 Å². The van der Waals surface area contributed by atoms with Crippen LogP contribution < -0.4 is 9.47 Å². The highest BCUT2D eigenvalue weighted by Gasteiger charge is 2.46. The highest BCUT2D eigenvalue weighted by atomic mass is 19.3. The molecule has 158 valence electrons. The van der Waals surface area contributed by atoms with E-state index in [1.807, 2.05) is 0 Å². The number of halogens is 2. The summed E-state index contributed by atoms with van der Waals surface area (Å²) in [5, 5.41) is 4.47. The molecule has 0 spiro atoms. The standard InChI is InChI=1S/C19H19F2N5O4/c1-4-30-18(27)14-8-26-16(23-14)11(9-5-10(9)15(20)21)6-13(25-26)12-7-22-19(29-3)24-17(12)28-2/h6-10,15H,4-5H2,1-3H3/t9-,10-/m0/s1. The molecule has 2 atom stereocenters. The van der Waals surface area contributed by atoms with Crippen molar-refractivity contribution in [3.05, 3.63) is 29.7 Å². The first-order valence-corrected chi connectivity index (χ1v) is 9.27. The van der Waals surface area contributed by atoms with Crippen LogP contribution in [0.2, 0.25) is 0 Å². The largest absolute Gasteiger partial charge is 0.480 e. The molecule has 0 N–H and O–H groups in total. The maximum absolute atomic E-state index is 13.2. The molecule has 3 heterocycles. The number of imidazole rings is 1. The molecule has 0 amide bonds. The van der Waals surface area contributed by atoms with Crippen LogP contribution >= 0.6 is 0 Å². The summed E-state index contributed by atoms with van der Waals surface area (Å²) in [6.45, 7) is 1.87. The van der Waals surface area contributed by atoms with E-state index in [-0.39, 0.29) is 24.2 Å². The number of hydrogen-bond donors (Lipinski definition) is 0. The zero-order chi connectivity index (χ0) is 21.4. The average Bonchev–Trinajstić information content (AvgIpc) is 3.44. The fourth-order valence-corrected chi connectivity index (χ4v) is 3.34. The first-order valence-electron chi connectivity index (χ1n) is 9.27. The van der Waals surface area contributed by atoms with Gasteiger partial charge in [0.15, 0.2) is 11.3 Å². The van der Waals surface area contributed by atoms with E-state index < -0.39 is 24.2 Å². The van der Waals surface area contributed by atoms with E-state index in [4.69, 9.17) is 14.2 Å². The van der Waals surface area contributed by atoms with Crippen LogP contribution in [0, 0.1) is 5.92 Å². The number of methoxy groups -OCH3 is 2. The quantitative estimate of drug-likeness (QED) is 0.539. The second kappa shape index (κ2) is 7.81. The monoisotopic (exact) mass is 419 g/mol. The maximum Gasteiger partial charge on any atom is 0.358 e. The normalized spacial score (nSPS) is 17.9. The van der Waals surface area contributed by atoms with Crippen LogP contribution in [0.25, 0.3) is 16.9 Å². The minimum absolute atomic E-state index is 0.0509. The molecule has 0 saturated heterocycles. The molecule has 3 aromatic heterocycles. The van der Waals surface area contributed by atoms with Gasteiger partial charge in [0.2, 0.25) is 12.3 Å². The van der Waals surface area contributed by atoms with Crippen molar-refractivity contribution in [1.82, 2.24) is 24.6 Å². The Morgan fingerprint density at radius 2 is 2.10 bits per heavy atom. The number of rotatable bonds is 7. The van der Waals surface area contributed by atoms with Crippen LogP contribution in [0.4, 0.5) is 8.78 Å². The number of esters is 1. The van der Waals surface area contributed by atoms with Crippen molar-refractivity contribution in [3.63, 3.8) is 0 Å². The molecule has 0 unspecified atom stereocenters. The summed E-state index contributed by atoms with van der Waals surface area (Å²) in [6, 6.07) is 1.78. The Balaban J connectivity index is 1.86. The van der Waals surface area contributed by atoms with Crippen LogP contribution in [0.1, 0.15) is 35.3 Å². The third-order valence-electron chi connectivity index (χ3n) is 4.88. The average molecular weight is 419 g/mol. The number of carbonyl (C=O) groups excluding carboxylic acids is 1. The van der Waals surface area contributed by atoms with E-state index >= 15 is 0 Å². The van der Waals surface area contributed by atoms with Crippen LogP contribution in [0.3, 0.4) is 0 Å². The summed E-state index contributed by atoms with van der Waals surface area (Å²) in [5.41, 5.74) is 1.80. The van der Waals surface area contributed by atoms with Gasteiger partial charge in [-0.05, 0) is 25.3 Å². The number of aromatic nitrogens is 5. The molecule has 0 radical (unpaired) electrons. The second-order valence-corrected chi connectivity index (χ2v) is 6.72. The van der Waals surface area contributed by atoms with Gasteiger partial charge < -0.3 is 14.2 Å². The van der Waals surface area contributed by atoms with Crippen LogP contribution in [0.15, 0.2) is 18.5 Å².